The van der Waals surface area contributed by atoms with E-state index in [0.29, 0.717) is 12.3 Å². The number of rotatable bonds is 2. The fourth-order valence-electron chi connectivity index (χ4n) is 1.64. The van der Waals surface area contributed by atoms with Crippen LogP contribution in [-0.2, 0) is 24.3 Å². The van der Waals surface area contributed by atoms with Crippen molar-refractivity contribution in [3.05, 3.63) is 0 Å². The van der Waals surface area contributed by atoms with Gasteiger partial charge in [-0.15, -0.1) is 0 Å². The van der Waals surface area contributed by atoms with E-state index in [2.05, 4.69) is 0 Å². The molecule has 0 aromatic heterocycles. The van der Waals surface area contributed by atoms with Crippen molar-refractivity contribution < 1.29 is 29.4 Å². The van der Waals surface area contributed by atoms with E-state index in [0.717, 1.165) is 12.8 Å². The predicted octanol–water partition coefficient (Wildman–Crippen LogP) is 2.04. The number of hydrogen-bond donors (Lipinski definition) is 1. The Hall–Kier alpha value is 0.0934. The molecule has 11 heavy (non-hydrogen) atoms. The van der Waals surface area contributed by atoms with Crippen molar-refractivity contribution in [3.8, 4) is 0 Å². The summed E-state index contributed by atoms with van der Waals surface area (Å²) >= 11 is 0. The fraction of sp³-hybridized carbons (Fsp3) is 0.875. The maximum absolute atomic E-state index is 10.3. The summed E-state index contributed by atoms with van der Waals surface area (Å²) in [6.45, 7) is 0. The van der Waals surface area contributed by atoms with Crippen molar-refractivity contribution in [1.29, 1.82) is 0 Å². The summed E-state index contributed by atoms with van der Waals surface area (Å²) in [4.78, 5) is 10.3. The molecule has 1 saturated carbocycles. The van der Waals surface area contributed by atoms with Crippen molar-refractivity contribution in [1.82, 2.24) is 0 Å². The number of carboxylic acid groups (broad SMARTS) is 1. The van der Waals surface area contributed by atoms with Crippen LogP contribution in [0.25, 0.3) is 0 Å². The van der Waals surface area contributed by atoms with Crippen LogP contribution in [0.4, 0.5) is 0 Å². The smallest absolute Gasteiger partial charge is 0.303 e. The molecule has 0 unspecified atom stereocenters. The van der Waals surface area contributed by atoms with Crippen LogP contribution in [0.1, 0.15) is 38.5 Å². The Kier molecular flexibility index (Phi) is 5.76. The number of carboxylic acids is 1. The van der Waals surface area contributed by atoms with Crippen molar-refractivity contribution in [2.45, 2.75) is 38.5 Å². The molecule has 1 rings (SSSR count). The van der Waals surface area contributed by atoms with Gasteiger partial charge in [-0.1, -0.05) is 19.3 Å². The molecule has 0 aliphatic heterocycles. The second-order valence-electron chi connectivity index (χ2n) is 3.10. The van der Waals surface area contributed by atoms with Gasteiger partial charge >= 0.3 is 5.97 Å². The summed E-state index contributed by atoms with van der Waals surface area (Å²) in [6.07, 6.45) is 6.42. The molecule has 60 valence electrons. The van der Waals surface area contributed by atoms with Gasteiger partial charge in [0, 0.05) is 25.9 Å². The monoisotopic (exact) mass is 206 g/mol. The molecule has 0 heterocycles. The van der Waals surface area contributed by atoms with Gasteiger partial charge in [-0.2, -0.15) is 0 Å². The molecule has 0 aromatic carbocycles. The summed E-state index contributed by atoms with van der Waals surface area (Å²) < 4.78 is 0. The maximum Gasteiger partial charge on any atom is 0.303 e. The average molecular weight is 208 g/mol. The van der Waals surface area contributed by atoms with Gasteiger partial charge in [0.05, 0.1) is 0 Å². The van der Waals surface area contributed by atoms with Gasteiger partial charge in [0.2, 0.25) is 0 Å². The third-order valence-corrected chi connectivity index (χ3v) is 2.19. The Morgan fingerprint density at radius 2 is 1.82 bits per heavy atom. The van der Waals surface area contributed by atoms with Gasteiger partial charge in [-0.25, -0.2) is 0 Å². The Labute approximate surface area is 80.1 Å². The van der Waals surface area contributed by atoms with Gasteiger partial charge in [0.1, 0.15) is 0 Å². The minimum atomic E-state index is -0.632. The Balaban J connectivity index is 0.000001000. The minimum absolute atomic E-state index is 0. The molecule has 1 N–H and O–H groups in total. The predicted molar refractivity (Wildman–Crippen MR) is 38.8 cm³/mol. The molecule has 2 nitrogen and oxygen atoms in total. The number of aliphatic carboxylic acids is 1. The van der Waals surface area contributed by atoms with Crippen molar-refractivity contribution in [2.75, 3.05) is 0 Å². The third-order valence-electron chi connectivity index (χ3n) is 2.19. The van der Waals surface area contributed by atoms with E-state index in [9.17, 15) is 4.79 Å². The molecule has 0 bridgehead atoms. The molecule has 1 fully saturated rings. The van der Waals surface area contributed by atoms with Gasteiger partial charge in [0.15, 0.2) is 0 Å². The van der Waals surface area contributed by atoms with Crippen LogP contribution in [0, 0.1) is 5.92 Å². The van der Waals surface area contributed by atoms with Gasteiger partial charge in [0.25, 0.3) is 0 Å². The first-order valence-corrected chi connectivity index (χ1v) is 4.01. The van der Waals surface area contributed by atoms with Crippen LogP contribution in [0.15, 0.2) is 0 Å². The number of carbonyl (C=O) groups is 1. The summed E-state index contributed by atoms with van der Waals surface area (Å²) in [7, 11) is 0. The first-order valence-electron chi connectivity index (χ1n) is 4.01. The SMILES string of the molecule is O=C(O)CC1CCCCC1.[Zn]. The topological polar surface area (TPSA) is 37.3 Å². The summed E-state index contributed by atoms with van der Waals surface area (Å²) in [5.41, 5.74) is 0. The van der Waals surface area contributed by atoms with Gasteiger partial charge < -0.3 is 5.11 Å². The normalized spacial score (nSPS) is 18.9. The second-order valence-corrected chi connectivity index (χ2v) is 3.10. The van der Waals surface area contributed by atoms with Crippen LogP contribution in [-0.4, -0.2) is 11.1 Å². The molecule has 0 radical (unpaired) electrons. The number of hydrogen-bond acceptors (Lipinski definition) is 1. The first-order chi connectivity index (χ1) is 4.79. The average Bonchev–Trinajstić information content (AvgIpc) is 1.88. The molecule has 0 aromatic rings. The van der Waals surface area contributed by atoms with E-state index >= 15 is 0 Å². The summed E-state index contributed by atoms with van der Waals surface area (Å²) in [5.74, 6) is -0.154. The van der Waals surface area contributed by atoms with E-state index < -0.39 is 5.97 Å². The van der Waals surface area contributed by atoms with Gasteiger partial charge in [-0.05, 0) is 18.8 Å². The van der Waals surface area contributed by atoms with E-state index in [-0.39, 0.29) is 19.5 Å². The third kappa shape index (κ3) is 4.52. The zero-order valence-corrected chi connectivity index (χ0v) is 9.85. The van der Waals surface area contributed by atoms with E-state index in [1.807, 2.05) is 0 Å². The zero-order chi connectivity index (χ0) is 7.40. The molecular weight excluding hydrogens is 193 g/mol. The van der Waals surface area contributed by atoms with Crippen molar-refractivity contribution in [2.24, 2.45) is 5.92 Å². The quantitative estimate of drug-likeness (QED) is 0.704. The molecule has 1 aliphatic rings. The van der Waals surface area contributed by atoms with E-state index in [4.69, 9.17) is 5.11 Å². The molecule has 0 spiro atoms. The van der Waals surface area contributed by atoms with Gasteiger partial charge in [-0.3, -0.25) is 4.79 Å². The Morgan fingerprint density at radius 1 is 1.27 bits per heavy atom. The van der Waals surface area contributed by atoms with Crippen LogP contribution in [0.3, 0.4) is 0 Å². The molecular formula is C8H14O2Zn. The standard InChI is InChI=1S/C8H14O2.Zn/c9-8(10)6-7-4-2-1-3-5-7;/h7H,1-6H2,(H,9,10);. The van der Waals surface area contributed by atoms with Crippen molar-refractivity contribution >= 4 is 5.97 Å². The minimum Gasteiger partial charge on any atom is -0.481 e. The molecule has 0 atom stereocenters. The van der Waals surface area contributed by atoms with Crippen LogP contribution < -0.4 is 0 Å². The Morgan fingerprint density at radius 3 is 2.27 bits per heavy atom. The molecule has 0 amide bonds. The molecule has 0 saturated heterocycles. The van der Waals surface area contributed by atoms with E-state index in [1.165, 1.54) is 19.3 Å². The maximum atomic E-state index is 10.3. The van der Waals surface area contributed by atoms with E-state index in [1.54, 1.807) is 0 Å². The summed E-state index contributed by atoms with van der Waals surface area (Å²) in [6, 6.07) is 0. The van der Waals surface area contributed by atoms with Crippen LogP contribution in [0.5, 0.6) is 0 Å². The van der Waals surface area contributed by atoms with Crippen molar-refractivity contribution in [3.63, 3.8) is 0 Å². The summed E-state index contributed by atoms with van der Waals surface area (Å²) in [5, 5.41) is 8.47. The van der Waals surface area contributed by atoms with Crippen LogP contribution >= 0.6 is 0 Å². The second kappa shape index (κ2) is 5.71. The largest absolute Gasteiger partial charge is 0.481 e. The molecule has 1 aliphatic carbocycles. The fourth-order valence-corrected chi connectivity index (χ4v) is 1.64. The Bertz CT molecular complexity index is 119. The molecule has 3 heteroatoms. The zero-order valence-electron chi connectivity index (χ0n) is 6.88. The first kappa shape index (κ1) is 11.1. The van der Waals surface area contributed by atoms with Crippen LogP contribution in [0.2, 0.25) is 0 Å².